The van der Waals surface area contributed by atoms with Crippen molar-refractivity contribution in [2.24, 2.45) is 5.92 Å². The molecule has 0 radical (unpaired) electrons. The molecule has 1 saturated carbocycles. The van der Waals surface area contributed by atoms with Crippen LogP contribution >= 0.6 is 0 Å². The molecule has 0 aromatic heterocycles. The Morgan fingerprint density at radius 3 is 2.29 bits per heavy atom. The smallest absolute Gasteiger partial charge is 1.00 e. The van der Waals surface area contributed by atoms with Crippen LogP contribution in [-0.4, -0.2) is 18.6 Å². The fraction of sp³-hybridized carbons (Fsp3) is 1.00. The van der Waals surface area contributed by atoms with E-state index in [0.717, 1.165) is 18.9 Å². The minimum atomic E-state index is 0. The first kappa shape index (κ1) is 17.9. The zero-order valence-corrected chi connectivity index (χ0v) is 12.7. The van der Waals surface area contributed by atoms with Crippen molar-refractivity contribution >= 4 is 0 Å². The first-order valence-electron chi connectivity index (χ1n) is 4.75. The van der Waals surface area contributed by atoms with Crippen molar-refractivity contribution in [1.29, 1.82) is 0 Å². The molecule has 0 aromatic rings. The summed E-state index contributed by atoms with van der Waals surface area (Å²) >= 11 is 0. The summed E-state index contributed by atoms with van der Waals surface area (Å²) in [5.74, 6) is 0.778. The number of rotatable bonds is 0. The van der Waals surface area contributed by atoms with Gasteiger partial charge in [-0.15, -0.1) is 6.54 Å². The second-order valence-corrected chi connectivity index (χ2v) is 3.84. The van der Waals surface area contributed by atoms with Gasteiger partial charge in [0.15, 0.2) is 0 Å². The Kier molecular flexibility index (Phi) is 11.1. The van der Waals surface area contributed by atoms with E-state index in [9.17, 15) is 0 Å². The fourth-order valence-corrected chi connectivity index (χ4v) is 2.46. The monoisotopic (exact) mass is 416 g/mol. The van der Waals surface area contributed by atoms with E-state index in [0.29, 0.717) is 6.04 Å². The number of hydrogen-bond acceptors (Lipinski definition) is 0. The van der Waals surface area contributed by atoms with E-state index in [1.807, 2.05) is 0 Å². The number of halogens is 2. The molecule has 14 heavy (non-hydrogen) atoms. The van der Waals surface area contributed by atoms with Crippen LogP contribution in [0.1, 0.15) is 32.1 Å². The van der Waals surface area contributed by atoms with Gasteiger partial charge in [-0.25, -0.2) is 0 Å². The fourth-order valence-electron chi connectivity index (χ4n) is 2.46. The molecule has 2 aliphatic rings. The molecule has 1 aliphatic carbocycles. The van der Waals surface area contributed by atoms with Gasteiger partial charge >= 0.3 is 20.4 Å². The summed E-state index contributed by atoms with van der Waals surface area (Å²) in [4.78, 5) is 0. The molecule has 3 atom stereocenters. The van der Waals surface area contributed by atoms with Gasteiger partial charge in [0.1, 0.15) is 0 Å². The van der Waals surface area contributed by atoms with Crippen molar-refractivity contribution in [2.45, 2.75) is 44.2 Å². The SMILES string of the molecule is [Br-].[Br-].[NH-]C1CCCC2CCC[N-]C12.[Pd+2]. The van der Waals surface area contributed by atoms with Gasteiger partial charge in [0, 0.05) is 0 Å². The van der Waals surface area contributed by atoms with Crippen LogP contribution in [-0.2, 0) is 20.4 Å². The second kappa shape index (κ2) is 8.67. The van der Waals surface area contributed by atoms with Gasteiger partial charge in [-0.05, 0) is 0 Å². The van der Waals surface area contributed by atoms with E-state index in [-0.39, 0.29) is 60.4 Å². The maximum absolute atomic E-state index is 7.80. The van der Waals surface area contributed by atoms with Gasteiger partial charge < -0.3 is 45.0 Å². The average molecular weight is 418 g/mol. The minimum absolute atomic E-state index is 0. The number of fused-ring (bicyclic) bond motifs is 1. The Morgan fingerprint density at radius 1 is 1.00 bits per heavy atom. The molecule has 0 aromatic carbocycles. The van der Waals surface area contributed by atoms with E-state index in [4.69, 9.17) is 5.73 Å². The summed E-state index contributed by atoms with van der Waals surface area (Å²) in [6.45, 7) is 1.02. The topological polar surface area (TPSA) is 37.9 Å². The van der Waals surface area contributed by atoms with Gasteiger partial charge in [-0.3, -0.25) is 0 Å². The summed E-state index contributed by atoms with van der Waals surface area (Å²) in [5, 5.41) is 4.54. The summed E-state index contributed by atoms with van der Waals surface area (Å²) in [6.07, 6.45) is 6.30. The maximum Gasteiger partial charge on any atom is 2.00 e. The molecule has 1 saturated heterocycles. The number of hydrogen-bond donors (Lipinski definition) is 0. The molecule has 0 amide bonds. The van der Waals surface area contributed by atoms with Crippen LogP contribution in [0.15, 0.2) is 0 Å². The second-order valence-electron chi connectivity index (χ2n) is 3.84. The molecule has 1 N–H and O–H groups in total. The Morgan fingerprint density at radius 2 is 1.64 bits per heavy atom. The predicted molar refractivity (Wildman–Crippen MR) is 46.7 cm³/mol. The third-order valence-corrected chi connectivity index (χ3v) is 3.06. The standard InChI is InChI=1S/C9H16N2.2BrH.Pd/c10-8-5-1-3-7-4-2-6-11-9(7)8;;;/h7-10H,1-6H2;2*1H;/q-2;;;+2/p-2. The van der Waals surface area contributed by atoms with Gasteiger partial charge in [0.05, 0.1) is 0 Å². The largest absolute Gasteiger partial charge is 2.00 e. The molecule has 0 bridgehead atoms. The minimum Gasteiger partial charge on any atom is -1.00 e. The van der Waals surface area contributed by atoms with E-state index in [2.05, 4.69) is 5.32 Å². The van der Waals surface area contributed by atoms with Crippen molar-refractivity contribution < 1.29 is 54.4 Å². The quantitative estimate of drug-likeness (QED) is 0.371. The van der Waals surface area contributed by atoms with Crippen LogP contribution in [0.25, 0.3) is 11.1 Å². The summed E-state index contributed by atoms with van der Waals surface area (Å²) in [7, 11) is 0. The molecule has 3 unspecified atom stereocenters. The van der Waals surface area contributed by atoms with Crippen LogP contribution in [0.3, 0.4) is 0 Å². The summed E-state index contributed by atoms with van der Waals surface area (Å²) in [6, 6.07) is 0.548. The first-order chi connectivity index (χ1) is 5.38. The Hall–Kier alpha value is 1.54. The van der Waals surface area contributed by atoms with Crippen LogP contribution in [0.4, 0.5) is 0 Å². The molecule has 1 heterocycles. The predicted octanol–water partition coefficient (Wildman–Crippen LogP) is -3.25. The molecular weight excluding hydrogens is 402 g/mol. The third-order valence-electron chi connectivity index (χ3n) is 3.06. The van der Waals surface area contributed by atoms with Gasteiger partial charge in [-0.2, -0.15) is 12.1 Å². The van der Waals surface area contributed by atoms with Gasteiger partial charge in [0.2, 0.25) is 0 Å². The van der Waals surface area contributed by atoms with Crippen molar-refractivity contribution in [2.75, 3.05) is 6.54 Å². The Bertz CT molecular complexity index is 147. The zero-order valence-electron chi connectivity index (χ0n) is 7.99. The van der Waals surface area contributed by atoms with Crippen molar-refractivity contribution in [3.8, 4) is 0 Å². The van der Waals surface area contributed by atoms with Crippen LogP contribution < -0.4 is 34.0 Å². The number of nitrogens with one attached hydrogen (secondary N) is 1. The average Bonchev–Trinajstić information content (AvgIpc) is 2.06. The summed E-state index contributed by atoms with van der Waals surface area (Å²) < 4.78 is 0. The molecule has 2 rings (SSSR count). The first-order valence-corrected chi connectivity index (χ1v) is 4.75. The van der Waals surface area contributed by atoms with Crippen LogP contribution in [0.2, 0.25) is 0 Å². The maximum atomic E-state index is 7.80. The van der Waals surface area contributed by atoms with Gasteiger partial charge in [0.25, 0.3) is 0 Å². The van der Waals surface area contributed by atoms with Crippen LogP contribution in [0.5, 0.6) is 0 Å². The third kappa shape index (κ3) is 4.19. The van der Waals surface area contributed by atoms with E-state index in [1.54, 1.807) is 0 Å². The zero-order chi connectivity index (χ0) is 7.68. The Labute approximate surface area is 121 Å². The van der Waals surface area contributed by atoms with Gasteiger partial charge in [-0.1, -0.05) is 38.0 Å². The van der Waals surface area contributed by atoms with Crippen molar-refractivity contribution in [1.82, 2.24) is 0 Å². The van der Waals surface area contributed by atoms with E-state index in [1.165, 1.54) is 25.7 Å². The summed E-state index contributed by atoms with van der Waals surface area (Å²) in [5.41, 5.74) is 7.80. The molecule has 1 aliphatic heterocycles. The molecule has 88 valence electrons. The Balaban J connectivity index is 0. The van der Waals surface area contributed by atoms with E-state index >= 15 is 0 Å². The molecular formula is C9H16Br2N2Pd-2. The van der Waals surface area contributed by atoms with Crippen molar-refractivity contribution in [3.63, 3.8) is 0 Å². The van der Waals surface area contributed by atoms with Crippen LogP contribution in [0, 0.1) is 5.92 Å². The molecule has 5 heteroatoms. The number of piperidine rings is 1. The number of nitrogens with zero attached hydrogens (tertiary/aromatic N) is 1. The van der Waals surface area contributed by atoms with E-state index < -0.39 is 0 Å². The molecule has 2 fully saturated rings. The molecule has 2 nitrogen and oxygen atoms in total. The normalized spacial score (nSPS) is 35.4. The van der Waals surface area contributed by atoms with Crippen molar-refractivity contribution in [3.05, 3.63) is 11.1 Å². The molecule has 0 spiro atoms.